The first-order valence-electron chi connectivity index (χ1n) is 2.65. The molecule has 0 spiro atoms. The van der Waals surface area contributed by atoms with E-state index >= 15 is 0 Å². The SMILES string of the molecule is CC1=CC2C[N+]2=C1. The van der Waals surface area contributed by atoms with Crippen LogP contribution in [0.4, 0.5) is 0 Å². The van der Waals surface area contributed by atoms with Crippen molar-refractivity contribution in [2.24, 2.45) is 0 Å². The zero-order chi connectivity index (χ0) is 4.85. The molecule has 0 saturated carbocycles. The van der Waals surface area contributed by atoms with Gasteiger partial charge in [0.05, 0.1) is 0 Å². The molecule has 1 unspecified atom stereocenters. The van der Waals surface area contributed by atoms with E-state index in [4.69, 9.17) is 0 Å². The summed E-state index contributed by atoms with van der Waals surface area (Å²) in [5.41, 5.74) is 1.43. The van der Waals surface area contributed by atoms with Crippen molar-refractivity contribution in [2.75, 3.05) is 6.54 Å². The summed E-state index contributed by atoms with van der Waals surface area (Å²) in [7, 11) is 0. The molecule has 2 aliphatic rings. The van der Waals surface area contributed by atoms with Gasteiger partial charge < -0.3 is 0 Å². The fourth-order valence-electron chi connectivity index (χ4n) is 1.07. The van der Waals surface area contributed by atoms with Crippen LogP contribution in [0.3, 0.4) is 0 Å². The van der Waals surface area contributed by atoms with E-state index in [9.17, 15) is 0 Å². The summed E-state index contributed by atoms with van der Waals surface area (Å²) in [4.78, 5) is 0. The van der Waals surface area contributed by atoms with Crippen molar-refractivity contribution in [3.63, 3.8) is 0 Å². The number of allylic oxidation sites excluding steroid dienone is 1. The lowest BCUT2D eigenvalue weighted by Gasteiger charge is -1.69. The molecule has 36 valence electrons. The van der Waals surface area contributed by atoms with Gasteiger partial charge in [-0.05, 0) is 13.0 Å². The van der Waals surface area contributed by atoms with E-state index < -0.39 is 0 Å². The molecule has 2 aliphatic heterocycles. The predicted molar refractivity (Wildman–Crippen MR) is 28.7 cm³/mol. The highest BCUT2D eigenvalue weighted by Crippen LogP contribution is 2.18. The molecule has 1 fully saturated rings. The topological polar surface area (TPSA) is 3.01 Å². The third kappa shape index (κ3) is 0.350. The molecule has 0 radical (unpaired) electrons. The van der Waals surface area contributed by atoms with Gasteiger partial charge in [-0.25, -0.2) is 4.58 Å². The van der Waals surface area contributed by atoms with Crippen LogP contribution in [0.5, 0.6) is 0 Å². The van der Waals surface area contributed by atoms with E-state index in [-0.39, 0.29) is 0 Å². The molecular formula is C6H8N+. The summed E-state index contributed by atoms with van der Waals surface area (Å²) in [6.07, 6.45) is 4.52. The Balaban J connectivity index is 2.41. The summed E-state index contributed by atoms with van der Waals surface area (Å²) in [5.74, 6) is 0. The number of hydrogen-bond donors (Lipinski definition) is 0. The third-order valence-corrected chi connectivity index (χ3v) is 1.52. The van der Waals surface area contributed by atoms with Crippen LogP contribution in [0, 0.1) is 0 Å². The molecule has 0 aromatic rings. The summed E-state index contributed by atoms with van der Waals surface area (Å²) >= 11 is 0. The van der Waals surface area contributed by atoms with Gasteiger partial charge in [-0.3, -0.25) is 0 Å². The van der Waals surface area contributed by atoms with Crippen molar-refractivity contribution in [3.05, 3.63) is 11.6 Å². The van der Waals surface area contributed by atoms with Gasteiger partial charge in [0.25, 0.3) is 0 Å². The highest BCUT2D eigenvalue weighted by atomic mass is 15.2. The van der Waals surface area contributed by atoms with Crippen LogP contribution in [0.15, 0.2) is 11.6 Å². The molecule has 0 bridgehead atoms. The molecule has 0 aromatic heterocycles. The Labute approximate surface area is 43.0 Å². The standard InChI is InChI=1S/C6H8N/c1-5-2-6-4-7(6)3-5/h2-3,6H,4H2,1H3/q+1. The van der Waals surface area contributed by atoms with E-state index in [0.717, 1.165) is 6.04 Å². The van der Waals surface area contributed by atoms with E-state index in [1.807, 2.05) is 0 Å². The van der Waals surface area contributed by atoms with Crippen molar-refractivity contribution in [3.8, 4) is 0 Å². The van der Waals surface area contributed by atoms with E-state index in [1.54, 1.807) is 0 Å². The van der Waals surface area contributed by atoms with Gasteiger partial charge in [-0.2, -0.15) is 0 Å². The minimum Gasteiger partial charge on any atom is -0.216 e. The van der Waals surface area contributed by atoms with Gasteiger partial charge >= 0.3 is 0 Å². The quantitative estimate of drug-likeness (QED) is 0.302. The van der Waals surface area contributed by atoms with Crippen LogP contribution >= 0.6 is 0 Å². The predicted octanol–water partition coefficient (Wildman–Crippen LogP) is 0.412. The zero-order valence-corrected chi connectivity index (χ0v) is 4.39. The lowest BCUT2D eigenvalue weighted by molar-refractivity contribution is -0.342. The summed E-state index contributed by atoms with van der Waals surface area (Å²) < 4.78 is 2.33. The largest absolute Gasteiger partial charge is 0.230 e. The molecule has 1 saturated heterocycles. The van der Waals surface area contributed by atoms with Crippen LogP contribution in [0.2, 0.25) is 0 Å². The Morgan fingerprint density at radius 1 is 1.86 bits per heavy atom. The Morgan fingerprint density at radius 3 is 3.00 bits per heavy atom. The van der Waals surface area contributed by atoms with Crippen molar-refractivity contribution < 1.29 is 4.58 Å². The maximum Gasteiger partial charge on any atom is 0.230 e. The van der Waals surface area contributed by atoms with Crippen LogP contribution in [0.1, 0.15) is 6.92 Å². The van der Waals surface area contributed by atoms with E-state index in [0.29, 0.717) is 0 Å². The summed E-state index contributed by atoms with van der Waals surface area (Å²) in [6, 6.07) is 0.806. The average Bonchev–Trinajstić information content (AvgIpc) is 2.15. The maximum atomic E-state index is 2.33. The molecule has 0 amide bonds. The van der Waals surface area contributed by atoms with Gasteiger partial charge in [0, 0.05) is 5.57 Å². The van der Waals surface area contributed by atoms with Gasteiger partial charge in [-0.15, -0.1) is 0 Å². The van der Waals surface area contributed by atoms with Gasteiger partial charge in [-0.1, -0.05) is 0 Å². The fraction of sp³-hybridized carbons (Fsp3) is 0.500. The number of hydrogen-bond acceptors (Lipinski definition) is 0. The van der Waals surface area contributed by atoms with Crippen molar-refractivity contribution in [1.29, 1.82) is 0 Å². The normalized spacial score (nSPS) is 34.1. The number of nitrogens with zero attached hydrogens (tertiary/aromatic N) is 1. The highest BCUT2D eigenvalue weighted by Gasteiger charge is 2.41. The van der Waals surface area contributed by atoms with Crippen molar-refractivity contribution >= 4 is 6.21 Å². The van der Waals surface area contributed by atoms with Crippen molar-refractivity contribution in [2.45, 2.75) is 13.0 Å². The molecule has 7 heavy (non-hydrogen) atoms. The highest BCUT2D eigenvalue weighted by molar-refractivity contribution is 5.76. The van der Waals surface area contributed by atoms with E-state index in [1.165, 1.54) is 12.1 Å². The number of fused-ring (bicyclic) bond motifs is 1. The second-order valence-electron chi connectivity index (χ2n) is 2.30. The molecule has 1 atom stereocenters. The number of rotatable bonds is 0. The molecule has 2 heterocycles. The fourth-order valence-corrected chi connectivity index (χ4v) is 1.07. The summed E-state index contributed by atoms with van der Waals surface area (Å²) in [6.45, 7) is 3.42. The molecule has 0 N–H and O–H groups in total. The smallest absolute Gasteiger partial charge is 0.216 e. The van der Waals surface area contributed by atoms with Gasteiger partial charge in [0.2, 0.25) is 12.6 Å². The average molecular weight is 94.1 g/mol. The molecule has 1 nitrogen and oxygen atoms in total. The molecule has 2 rings (SSSR count). The van der Waals surface area contributed by atoms with Crippen molar-refractivity contribution in [1.82, 2.24) is 0 Å². The zero-order valence-electron chi connectivity index (χ0n) is 4.39. The van der Waals surface area contributed by atoms with Crippen LogP contribution in [-0.2, 0) is 0 Å². The lowest BCUT2D eigenvalue weighted by Crippen LogP contribution is -1.77. The second kappa shape index (κ2) is 0.808. The van der Waals surface area contributed by atoms with E-state index in [2.05, 4.69) is 23.8 Å². The minimum atomic E-state index is 0.806. The minimum absolute atomic E-state index is 0.806. The first kappa shape index (κ1) is 3.42. The van der Waals surface area contributed by atoms with Gasteiger partial charge in [0.1, 0.15) is 0 Å². The molecule has 0 aliphatic carbocycles. The lowest BCUT2D eigenvalue weighted by atomic mass is 10.3. The second-order valence-corrected chi connectivity index (χ2v) is 2.30. The first-order chi connectivity index (χ1) is 3.36. The van der Waals surface area contributed by atoms with Crippen LogP contribution in [-0.4, -0.2) is 23.4 Å². The Hall–Kier alpha value is -0.590. The third-order valence-electron chi connectivity index (χ3n) is 1.52. The maximum absolute atomic E-state index is 2.33. The van der Waals surface area contributed by atoms with Gasteiger partial charge in [0.15, 0.2) is 6.21 Å². The monoisotopic (exact) mass is 94.1 g/mol. The Kier molecular flexibility index (Phi) is 0.394. The molecular weight excluding hydrogens is 86.1 g/mol. The Morgan fingerprint density at radius 2 is 2.71 bits per heavy atom. The first-order valence-corrected chi connectivity index (χ1v) is 2.65. The van der Waals surface area contributed by atoms with Crippen LogP contribution < -0.4 is 0 Å². The summed E-state index contributed by atoms with van der Waals surface area (Å²) in [5, 5.41) is 0. The molecule has 1 heteroatoms. The molecule has 0 aromatic carbocycles. The Bertz CT molecular complexity index is 165. The van der Waals surface area contributed by atoms with Crippen LogP contribution in [0.25, 0.3) is 0 Å².